The highest BCUT2D eigenvalue weighted by Gasteiger charge is 2.27. The number of allylic oxidation sites excluding steroid dienone is 2. The van der Waals surface area contributed by atoms with E-state index in [0.717, 1.165) is 0 Å². The van der Waals surface area contributed by atoms with Crippen LogP contribution in [0.4, 0.5) is 10.1 Å². The van der Waals surface area contributed by atoms with Crippen LogP contribution in [0.25, 0.3) is 0 Å². The second-order valence-corrected chi connectivity index (χ2v) is 5.29. The minimum absolute atomic E-state index is 0.107. The number of methoxy groups -OCH3 is 2. The molecular formula is C16H20FNO5. The molecule has 1 aliphatic carbocycles. The average molecular weight is 325 g/mol. The summed E-state index contributed by atoms with van der Waals surface area (Å²) in [5.41, 5.74) is 0.753. The van der Waals surface area contributed by atoms with Gasteiger partial charge in [0.05, 0.1) is 14.2 Å². The van der Waals surface area contributed by atoms with Gasteiger partial charge >= 0.3 is 0 Å². The quantitative estimate of drug-likeness (QED) is 0.722. The molecule has 126 valence electrons. The van der Waals surface area contributed by atoms with E-state index in [1.807, 2.05) is 0 Å². The molecule has 0 saturated carbocycles. The normalized spacial score (nSPS) is 17.6. The fourth-order valence-corrected chi connectivity index (χ4v) is 2.59. The molecule has 1 aromatic carbocycles. The smallest absolute Gasteiger partial charge is 0.206 e. The Morgan fingerprint density at radius 1 is 1.26 bits per heavy atom. The first kappa shape index (κ1) is 17.4. The number of benzene rings is 1. The van der Waals surface area contributed by atoms with Crippen molar-refractivity contribution >= 4 is 5.69 Å². The molecular weight excluding hydrogens is 305 g/mol. The van der Waals surface area contributed by atoms with Crippen molar-refractivity contribution in [2.24, 2.45) is 0 Å². The molecule has 23 heavy (non-hydrogen) atoms. The predicted octanol–water partition coefficient (Wildman–Crippen LogP) is 2.10. The van der Waals surface area contributed by atoms with Gasteiger partial charge in [-0.15, -0.1) is 0 Å². The maximum absolute atomic E-state index is 14.3. The van der Waals surface area contributed by atoms with Gasteiger partial charge in [0.15, 0.2) is 5.75 Å². The SMILES string of the molecule is COc1cc(OC)c([NH+]([O-])O)cc1C(O)C1=CCCC(C)=C1F. The summed E-state index contributed by atoms with van der Waals surface area (Å²) in [6, 6.07) is 2.63. The Bertz CT molecular complexity index is 654. The highest BCUT2D eigenvalue weighted by molar-refractivity contribution is 5.57. The molecule has 6 nitrogen and oxygen atoms in total. The fraction of sp³-hybridized carbons (Fsp3) is 0.375. The van der Waals surface area contributed by atoms with Crippen LogP contribution in [0.3, 0.4) is 0 Å². The zero-order valence-corrected chi connectivity index (χ0v) is 13.2. The lowest BCUT2D eigenvalue weighted by Gasteiger charge is -2.23. The van der Waals surface area contributed by atoms with E-state index >= 15 is 0 Å². The molecule has 2 rings (SSSR count). The van der Waals surface area contributed by atoms with E-state index in [9.17, 15) is 19.9 Å². The molecule has 0 spiro atoms. The second kappa shape index (κ2) is 7.10. The summed E-state index contributed by atoms with van der Waals surface area (Å²) in [6.45, 7) is 1.67. The molecule has 2 atom stereocenters. The van der Waals surface area contributed by atoms with E-state index in [0.29, 0.717) is 18.4 Å². The fourth-order valence-electron chi connectivity index (χ4n) is 2.59. The van der Waals surface area contributed by atoms with Gasteiger partial charge < -0.3 is 19.8 Å². The molecule has 0 heterocycles. The van der Waals surface area contributed by atoms with Crippen LogP contribution in [-0.2, 0) is 0 Å². The molecule has 3 N–H and O–H groups in total. The number of ether oxygens (including phenoxy) is 2. The number of halogens is 1. The first-order valence-electron chi connectivity index (χ1n) is 7.13. The van der Waals surface area contributed by atoms with Crippen molar-refractivity contribution < 1.29 is 29.4 Å². The average Bonchev–Trinajstić information content (AvgIpc) is 2.55. The zero-order chi connectivity index (χ0) is 17.1. The molecule has 0 radical (unpaired) electrons. The van der Waals surface area contributed by atoms with Crippen LogP contribution in [0.15, 0.2) is 35.2 Å². The van der Waals surface area contributed by atoms with Crippen molar-refractivity contribution in [2.75, 3.05) is 14.2 Å². The number of hydrogen-bond acceptors (Lipinski definition) is 5. The third kappa shape index (κ3) is 3.37. The largest absolute Gasteiger partial charge is 0.595 e. The monoisotopic (exact) mass is 325 g/mol. The zero-order valence-electron chi connectivity index (χ0n) is 13.2. The molecule has 0 saturated heterocycles. The third-order valence-electron chi connectivity index (χ3n) is 3.88. The maximum Gasteiger partial charge on any atom is 0.206 e. The molecule has 1 aliphatic rings. The van der Waals surface area contributed by atoms with E-state index in [1.165, 1.54) is 26.4 Å². The van der Waals surface area contributed by atoms with E-state index < -0.39 is 17.2 Å². The first-order chi connectivity index (χ1) is 10.9. The van der Waals surface area contributed by atoms with Gasteiger partial charge in [-0.25, -0.2) is 9.60 Å². The lowest BCUT2D eigenvalue weighted by atomic mass is 9.91. The van der Waals surface area contributed by atoms with Gasteiger partial charge in [-0.05, 0) is 25.3 Å². The Morgan fingerprint density at radius 2 is 1.91 bits per heavy atom. The summed E-state index contributed by atoms with van der Waals surface area (Å²) in [5, 5.41) is 30.0. The van der Waals surface area contributed by atoms with E-state index in [2.05, 4.69) is 0 Å². The summed E-state index contributed by atoms with van der Waals surface area (Å²) in [5.74, 6) is -0.120. The topological polar surface area (TPSA) is 86.4 Å². The Balaban J connectivity index is 2.53. The second-order valence-electron chi connectivity index (χ2n) is 5.29. The van der Waals surface area contributed by atoms with Crippen molar-refractivity contribution in [3.05, 3.63) is 46.0 Å². The van der Waals surface area contributed by atoms with Crippen LogP contribution in [0.5, 0.6) is 11.5 Å². The number of quaternary nitrogens is 1. The Labute approximate surface area is 133 Å². The van der Waals surface area contributed by atoms with Crippen LogP contribution in [0.2, 0.25) is 0 Å². The summed E-state index contributed by atoms with van der Waals surface area (Å²) < 4.78 is 24.5. The standard InChI is InChI=1S/C16H20FNO5/c1-9-5-4-6-10(15(9)17)16(19)11-7-12(18(20)21)14(23-3)8-13(11)22-2/h6-8,16,18-20H,4-5H2,1-3H3. The third-order valence-corrected chi connectivity index (χ3v) is 3.88. The van der Waals surface area contributed by atoms with Crippen molar-refractivity contribution in [1.29, 1.82) is 0 Å². The Morgan fingerprint density at radius 3 is 2.48 bits per heavy atom. The van der Waals surface area contributed by atoms with E-state index in [4.69, 9.17) is 9.47 Å². The van der Waals surface area contributed by atoms with Crippen molar-refractivity contribution in [2.45, 2.75) is 25.9 Å². The Kier molecular flexibility index (Phi) is 5.38. The molecule has 0 bridgehead atoms. The lowest BCUT2D eigenvalue weighted by Crippen LogP contribution is -2.99. The van der Waals surface area contributed by atoms with Gasteiger partial charge in [0.1, 0.15) is 17.7 Å². The van der Waals surface area contributed by atoms with Crippen LogP contribution in [-0.4, -0.2) is 24.5 Å². The Hall–Kier alpha value is -1.93. The van der Waals surface area contributed by atoms with Crippen molar-refractivity contribution in [3.8, 4) is 11.5 Å². The van der Waals surface area contributed by atoms with Gasteiger partial charge in [-0.2, -0.15) is 5.23 Å². The lowest BCUT2D eigenvalue weighted by molar-refractivity contribution is -0.991. The number of aliphatic hydroxyl groups is 1. The minimum Gasteiger partial charge on any atom is -0.595 e. The number of aliphatic hydroxyl groups excluding tert-OH is 1. The number of hydrogen-bond donors (Lipinski definition) is 3. The molecule has 0 aliphatic heterocycles. The van der Waals surface area contributed by atoms with Crippen LogP contribution < -0.4 is 14.7 Å². The summed E-state index contributed by atoms with van der Waals surface area (Å²) in [6.07, 6.45) is 1.53. The van der Waals surface area contributed by atoms with Crippen molar-refractivity contribution in [1.82, 2.24) is 0 Å². The first-order valence-corrected chi connectivity index (χ1v) is 7.13. The molecule has 0 fully saturated rings. The summed E-state index contributed by atoms with van der Waals surface area (Å²) in [4.78, 5) is 0. The minimum atomic E-state index is -1.32. The molecule has 7 heteroatoms. The molecule has 0 amide bonds. The van der Waals surface area contributed by atoms with Crippen LogP contribution in [0.1, 0.15) is 31.4 Å². The van der Waals surface area contributed by atoms with Gasteiger partial charge in [0.25, 0.3) is 0 Å². The number of nitrogens with one attached hydrogen (secondary N) is 1. The van der Waals surface area contributed by atoms with E-state index in [1.54, 1.807) is 13.0 Å². The summed E-state index contributed by atoms with van der Waals surface area (Å²) in [7, 11) is 2.73. The molecule has 2 unspecified atom stereocenters. The molecule has 1 aromatic rings. The van der Waals surface area contributed by atoms with Gasteiger partial charge in [-0.3, -0.25) is 0 Å². The van der Waals surface area contributed by atoms with Gasteiger partial charge in [0.2, 0.25) is 5.69 Å². The highest BCUT2D eigenvalue weighted by Crippen LogP contribution is 2.41. The highest BCUT2D eigenvalue weighted by atomic mass is 19.1. The maximum atomic E-state index is 14.3. The van der Waals surface area contributed by atoms with Crippen molar-refractivity contribution in [3.63, 3.8) is 0 Å². The van der Waals surface area contributed by atoms with E-state index in [-0.39, 0.29) is 28.3 Å². The number of rotatable bonds is 5. The van der Waals surface area contributed by atoms with Crippen LogP contribution >= 0.6 is 0 Å². The van der Waals surface area contributed by atoms with Crippen LogP contribution in [0, 0.1) is 5.21 Å². The van der Waals surface area contributed by atoms with Gasteiger partial charge in [0, 0.05) is 23.3 Å². The summed E-state index contributed by atoms with van der Waals surface area (Å²) >= 11 is 0. The molecule has 0 aromatic heterocycles. The van der Waals surface area contributed by atoms with Gasteiger partial charge in [-0.1, -0.05) is 6.08 Å². The predicted molar refractivity (Wildman–Crippen MR) is 81.4 cm³/mol.